The second kappa shape index (κ2) is 9.89. The number of carbonyl (C=O) groups is 1. The third-order valence-corrected chi connectivity index (χ3v) is 5.91. The minimum atomic E-state index is -0.753. The number of hydrogen-bond donors (Lipinski definition) is 3. The van der Waals surface area contributed by atoms with Crippen molar-refractivity contribution < 1.29 is 14.6 Å². The minimum absolute atomic E-state index is 0.158. The summed E-state index contributed by atoms with van der Waals surface area (Å²) in [5.41, 5.74) is 3.41. The zero-order valence-electron chi connectivity index (χ0n) is 19.6. The Balaban J connectivity index is 1.38. The Kier molecular flexibility index (Phi) is 6.96. The molecular weight excluding hydrogens is 414 g/mol. The van der Waals surface area contributed by atoms with Gasteiger partial charge < -0.3 is 20.5 Å². The Hall–Kier alpha value is -2.96. The molecule has 0 aliphatic heterocycles. The molecule has 1 amide bonds. The summed E-state index contributed by atoms with van der Waals surface area (Å²) in [5.74, 6) is 1.48. The monoisotopic (exact) mass is 447 g/mol. The van der Waals surface area contributed by atoms with Crippen molar-refractivity contribution in [3.63, 3.8) is 0 Å². The van der Waals surface area contributed by atoms with Crippen LogP contribution in [0, 0.1) is 12.8 Å². The average molecular weight is 448 g/mol. The zero-order chi connectivity index (χ0) is 23.4. The molecule has 0 spiro atoms. The fourth-order valence-corrected chi connectivity index (χ4v) is 3.79. The predicted octanol–water partition coefficient (Wildman–Crippen LogP) is 4.83. The number of pyridine rings is 1. The van der Waals surface area contributed by atoms with Gasteiger partial charge in [0.15, 0.2) is 0 Å². The molecule has 1 saturated carbocycles. The molecule has 0 radical (unpaired) electrons. The third kappa shape index (κ3) is 6.53. The molecule has 3 aromatic rings. The van der Waals surface area contributed by atoms with E-state index in [0.717, 1.165) is 52.4 Å². The standard InChI is InChI=1S/C27H33N3O3/c1-18-24(11-8-22-14-20(16-29-25(18)22)15-28-17-27(2,3)32)30-26(31)21-6-9-23(10-7-21)33-13-12-19-4-5-19/h6-11,14,16,19,28,32H,4-5,12-13,15,17H2,1-3H3,(H,30,31). The first kappa shape index (κ1) is 23.2. The van der Waals surface area contributed by atoms with Gasteiger partial charge in [-0.3, -0.25) is 9.78 Å². The molecule has 1 aromatic heterocycles. The normalized spacial score (nSPS) is 13.8. The van der Waals surface area contributed by atoms with Crippen molar-refractivity contribution in [1.82, 2.24) is 10.3 Å². The van der Waals surface area contributed by atoms with E-state index < -0.39 is 5.60 Å². The molecule has 0 bridgehead atoms. The van der Waals surface area contributed by atoms with Crippen LogP contribution in [-0.2, 0) is 6.54 Å². The number of carbonyl (C=O) groups excluding carboxylic acids is 1. The van der Waals surface area contributed by atoms with Crippen LogP contribution >= 0.6 is 0 Å². The van der Waals surface area contributed by atoms with Crippen LogP contribution in [0.3, 0.4) is 0 Å². The summed E-state index contributed by atoms with van der Waals surface area (Å²) < 4.78 is 5.77. The van der Waals surface area contributed by atoms with Crippen molar-refractivity contribution >= 4 is 22.5 Å². The summed E-state index contributed by atoms with van der Waals surface area (Å²) in [4.78, 5) is 17.4. The average Bonchev–Trinajstić information content (AvgIpc) is 3.60. The first-order chi connectivity index (χ1) is 15.8. The van der Waals surface area contributed by atoms with E-state index in [1.807, 2.05) is 37.4 Å². The first-order valence-electron chi connectivity index (χ1n) is 11.6. The number of amides is 1. The molecule has 0 atom stereocenters. The number of hydrogen-bond acceptors (Lipinski definition) is 5. The first-order valence-corrected chi connectivity index (χ1v) is 11.6. The van der Waals surface area contributed by atoms with Crippen LogP contribution in [-0.4, -0.2) is 34.8 Å². The Morgan fingerprint density at radius 3 is 2.64 bits per heavy atom. The molecular formula is C27H33N3O3. The molecule has 1 aliphatic rings. The van der Waals surface area contributed by atoms with Crippen LogP contribution in [0.1, 0.15) is 54.6 Å². The number of aromatic nitrogens is 1. The lowest BCUT2D eigenvalue weighted by Crippen LogP contribution is -2.34. The minimum Gasteiger partial charge on any atom is -0.494 e. The van der Waals surface area contributed by atoms with Gasteiger partial charge in [0, 0.05) is 35.9 Å². The lowest BCUT2D eigenvalue weighted by molar-refractivity contribution is 0.0795. The van der Waals surface area contributed by atoms with E-state index in [-0.39, 0.29) is 5.91 Å². The topological polar surface area (TPSA) is 83.5 Å². The molecule has 2 aromatic carbocycles. The maximum Gasteiger partial charge on any atom is 0.255 e. The Morgan fingerprint density at radius 1 is 1.18 bits per heavy atom. The number of nitrogens with one attached hydrogen (secondary N) is 2. The van der Waals surface area contributed by atoms with Gasteiger partial charge in [-0.2, -0.15) is 0 Å². The number of aliphatic hydroxyl groups is 1. The molecule has 6 nitrogen and oxygen atoms in total. The van der Waals surface area contributed by atoms with Gasteiger partial charge in [0.05, 0.1) is 17.7 Å². The Morgan fingerprint density at radius 2 is 1.94 bits per heavy atom. The molecule has 1 fully saturated rings. The second-order valence-corrected chi connectivity index (χ2v) is 9.63. The van der Waals surface area contributed by atoms with E-state index in [4.69, 9.17) is 4.74 Å². The zero-order valence-corrected chi connectivity index (χ0v) is 19.6. The summed E-state index contributed by atoms with van der Waals surface area (Å²) >= 11 is 0. The summed E-state index contributed by atoms with van der Waals surface area (Å²) in [6.07, 6.45) is 5.60. The van der Waals surface area contributed by atoms with E-state index in [0.29, 0.717) is 18.7 Å². The van der Waals surface area contributed by atoms with Gasteiger partial charge in [0.2, 0.25) is 0 Å². The van der Waals surface area contributed by atoms with E-state index in [2.05, 4.69) is 21.7 Å². The van der Waals surface area contributed by atoms with E-state index >= 15 is 0 Å². The fraction of sp³-hybridized carbons (Fsp3) is 0.407. The van der Waals surface area contributed by atoms with Gasteiger partial charge in [0.1, 0.15) is 5.75 Å². The van der Waals surface area contributed by atoms with E-state index in [1.54, 1.807) is 26.0 Å². The number of rotatable bonds is 10. The van der Waals surface area contributed by atoms with Gasteiger partial charge in [-0.1, -0.05) is 18.9 Å². The largest absolute Gasteiger partial charge is 0.494 e. The quantitative estimate of drug-likeness (QED) is 0.414. The highest BCUT2D eigenvalue weighted by molar-refractivity contribution is 6.06. The highest BCUT2D eigenvalue weighted by Crippen LogP contribution is 2.32. The fourth-order valence-electron chi connectivity index (χ4n) is 3.79. The summed E-state index contributed by atoms with van der Waals surface area (Å²) in [7, 11) is 0. The van der Waals surface area contributed by atoms with Gasteiger partial charge in [-0.05, 0) is 80.6 Å². The van der Waals surface area contributed by atoms with Crippen molar-refractivity contribution in [3.05, 3.63) is 65.4 Å². The van der Waals surface area contributed by atoms with Crippen molar-refractivity contribution in [2.45, 2.75) is 52.2 Å². The lowest BCUT2D eigenvalue weighted by atomic mass is 10.1. The lowest BCUT2D eigenvalue weighted by Gasteiger charge is -2.17. The maximum absolute atomic E-state index is 12.8. The van der Waals surface area contributed by atoms with E-state index in [9.17, 15) is 9.90 Å². The van der Waals surface area contributed by atoms with Crippen LogP contribution in [0.5, 0.6) is 5.75 Å². The van der Waals surface area contributed by atoms with Gasteiger partial charge in [0.25, 0.3) is 5.91 Å². The van der Waals surface area contributed by atoms with Gasteiger partial charge >= 0.3 is 0 Å². The van der Waals surface area contributed by atoms with Crippen LogP contribution in [0.2, 0.25) is 0 Å². The SMILES string of the molecule is Cc1c(NC(=O)c2ccc(OCCC3CC3)cc2)ccc2cc(CNCC(C)(C)O)cnc12. The number of ether oxygens (including phenoxy) is 1. The number of nitrogens with zero attached hydrogens (tertiary/aromatic N) is 1. The molecule has 4 rings (SSSR count). The third-order valence-electron chi connectivity index (χ3n) is 5.91. The Bertz CT molecular complexity index is 1120. The second-order valence-electron chi connectivity index (χ2n) is 9.63. The predicted molar refractivity (Wildman–Crippen MR) is 132 cm³/mol. The molecule has 33 heavy (non-hydrogen) atoms. The Labute approximate surface area is 195 Å². The van der Waals surface area contributed by atoms with Crippen LogP contribution in [0.4, 0.5) is 5.69 Å². The van der Waals surface area contributed by atoms with Crippen LogP contribution < -0.4 is 15.4 Å². The van der Waals surface area contributed by atoms with Gasteiger partial charge in [-0.25, -0.2) is 0 Å². The highest BCUT2D eigenvalue weighted by Gasteiger charge is 2.20. The molecule has 1 aliphatic carbocycles. The number of aryl methyl sites for hydroxylation is 1. The number of benzene rings is 2. The van der Waals surface area contributed by atoms with Crippen molar-refractivity contribution in [1.29, 1.82) is 0 Å². The van der Waals surface area contributed by atoms with Crippen molar-refractivity contribution in [3.8, 4) is 5.75 Å². The molecule has 1 heterocycles. The molecule has 174 valence electrons. The number of fused-ring (bicyclic) bond motifs is 1. The van der Waals surface area contributed by atoms with Crippen molar-refractivity contribution in [2.24, 2.45) is 5.92 Å². The van der Waals surface area contributed by atoms with Crippen LogP contribution in [0.15, 0.2) is 48.7 Å². The highest BCUT2D eigenvalue weighted by atomic mass is 16.5. The molecule has 0 saturated heterocycles. The molecule has 3 N–H and O–H groups in total. The molecule has 0 unspecified atom stereocenters. The maximum atomic E-state index is 12.8. The summed E-state index contributed by atoms with van der Waals surface area (Å²) in [6.45, 7) is 7.38. The summed E-state index contributed by atoms with van der Waals surface area (Å²) in [5, 5.41) is 17.1. The number of anilines is 1. The summed E-state index contributed by atoms with van der Waals surface area (Å²) in [6, 6.07) is 13.3. The molecule has 6 heteroatoms. The van der Waals surface area contributed by atoms with E-state index in [1.165, 1.54) is 12.8 Å². The van der Waals surface area contributed by atoms with Crippen LogP contribution in [0.25, 0.3) is 10.9 Å². The smallest absolute Gasteiger partial charge is 0.255 e. The van der Waals surface area contributed by atoms with Crippen molar-refractivity contribution in [2.75, 3.05) is 18.5 Å². The van der Waals surface area contributed by atoms with Gasteiger partial charge in [-0.15, -0.1) is 0 Å².